The van der Waals surface area contributed by atoms with E-state index in [1.54, 1.807) is 6.33 Å². The summed E-state index contributed by atoms with van der Waals surface area (Å²) in [5.41, 5.74) is 3.83. The Kier molecular flexibility index (Phi) is 6.93. The molecule has 3 N–H and O–H groups in total. The zero-order valence-electron chi connectivity index (χ0n) is 16.4. The zero-order chi connectivity index (χ0) is 18.6. The Bertz CT molecular complexity index is 943. The maximum absolute atomic E-state index is 4.79. The van der Waals surface area contributed by atoms with E-state index >= 15 is 0 Å². The molecular weight excluding hydrogens is 465 g/mol. The maximum Gasteiger partial charge on any atom is 0.191 e. The van der Waals surface area contributed by atoms with Crippen LogP contribution in [0.1, 0.15) is 30.3 Å². The molecule has 28 heavy (non-hydrogen) atoms. The fraction of sp³-hybridized carbons (Fsp3) is 0.450. The van der Waals surface area contributed by atoms with E-state index in [9.17, 15) is 0 Å². The van der Waals surface area contributed by atoms with Crippen LogP contribution < -0.4 is 10.6 Å². The molecule has 7 nitrogen and oxygen atoms in total. The van der Waals surface area contributed by atoms with E-state index < -0.39 is 0 Å². The van der Waals surface area contributed by atoms with Crippen LogP contribution >= 0.6 is 24.0 Å². The largest absolute Gasteiger partial charge is 0.361 e. The first-order chi connectivity index (χ1) is 13.2. The maximum atomic E-state index is 4.79. The number of H-pyrrole nitrogens is 1. The molecule has 0 bridgehead atoms. The summed E-state index contributed by atoms with van der Waals surface area (Å²) in [6.07, 6.45) is 6.66. The second kappa shape index (κ2) is 9.40. The van der Waals surface area contributed by atoms with Crippen molar-refractivity contribution >= 4 is 40.8 Å². The molecule has 0 saturated heterocycles. The average Bonchev–Trinajstić information content (AvgIpc) is 3.29. The van der Waals surface area contributed by atoms with Gasteiger partial charge in [0.05, 0.1) is 6.54 Å². The molecule has 3 aromatic rings. The lowest BCUT2D eigenvalue weighted by molar-refractivity contribution is 0.393. The minimum atomic E-state index is 0. The average molecular weight is 493 g/mol. The quantitative estimate of drug-likeness (QED) is 0.290. The van der Waals surface area contributed by atoms with Gasteiger partial charge in [-0.15, -0.1) is 24.0 Å². The van der Waals surface area contributed by atoms with E-state index in [4.69, 9.17) is 4.99 Å². The van der Waals surface area contributed by atoms with Gasteiger partial charge in [-0.3, -0.25) is 4.99 Å². The second-order valence-corrected chi connectivity index (χ2v) is 7.06. The predicted octanol–water partition coefficient (Wildman–Crippen LogP) is 2.80. The number of hydrogen-bond donors (Lipinski definition) is 3. The summed E-state index contributed by atoms with van der Waals surface area (Å²) < 4.78 is 1.99. The van der Waals surface area contributed by atoms with Gasteiger partial charge in [0.25, 0.3) is 0 Å². The molecule has 1 aromatic carbocycles. The Balaban J connectivity index is 0.00000225. The van der Waals surface area contributed by atoms with Gasteiger partial charge in [-0.05, 0) is 37.8 Å². The summed E-state index contributed by atoms with van der Waals surface area (Å²) in [4.78, 5) is 12.5. The number of aromatic amines is 1. The molecule has 0 aliphatic carbocycles. The monoisotopic (exact) mass is 493 g/mol. The molecule has 0 fully saturated rings. The number of rotatable bonds is 5. The number of nitrogens with zero attached hydrogens (tertiary/aromatic N) is 4. The molecule has 0 spiro atoms. The summed E-state index contributed by atoms with van der Waals surface area (Å²) in [7, 11) is 0. The van der Waals surface area contributed by atoms with E-state index in [1.165, 1.54) is 22.0 Å². The highest BCUT2D eigenvalue weighted by molar-refractivity contribution is 14.0. The van der Waals surface area contributed by atoms with Gasteiger partial charge in [-0.1, -0.05) is 18.2 Å². The zero-order valence-corrected chi connectivity index (χ0v) is 18.7. The van der Waals surface area contributed by atoms with Crippen LogP contribution in [0.4, 0.5) is 0 Å². The Morgan fingerprint density at radius 1 is 1.39 bits per heavy atom. The van der Waals surface area contributed by atoms with E-state index in [-0.39, 0.29) is 24.0 Å². The number of nitrogens with one attached hydrogen (secondary N) is 3. The number of aryl methyl sites for hydroxylation is 2. The summed E-state index contributed by atoms with van der Waals surface area (Å²) in [5, 5.41) is 12.5. The topological polar surface area (TPSA) is 82.9 Å². The van der Waals surface area contributed by atoms with Crippen LogP contribution in [-0.2, 0) is 19.4 Å². The first kappa shape index (κ1) is 20.6. The first-order valence-electron chi connectivity index (χ1n) is 9.71. The van der Waals surface area contributed by atoms with Gasteiger partial charge >= 0.3 is 0 Å². The molecule has 1 atom stereocenters. The number of hydrogen-bond acceptors (Lipinski definition) is 3. The highest BCUT2D eigenvalue weighted by atomic mass is 127. The third-order valence-electron chi connectivity index (χ3n) is 5.15. The molecule has 1 unspecified atom stereocenters. The van der Waals surface area contributed by atoms with Crippen molar-refractivity contribution in [3.8, 4) is 0 Å². The third kappa shape index (κ3) is 4.48. The van der Waals surface area contributed by atoms with Crippen molar-refractivity contribution in [1.29, 1.82) is 0 Å². The van der Waals surface area contributed by atoms with Crippen molar-refractivity contribution in [2.24, 2.45) is 4.99 Å². The number of halogens is 1. The third-order valence-corrected chi connectivity index (χ3v) is 5.15. The molecule has 0 saturated carbocycles. The van der Waals surface area contributed by atoms with Gasteiger partial charge < -0.3 is 15.6 Å². The number of para-hydroxylation sites is 1. The molecule has 150 valence electrons. The Morgan fingerprint density at radius 2 is 2.29 bits per heavy atom. The molecule has 3 heterocycles. The summed E-state index contributed by atoms with van der Waals surface area (Å²) in [6.45, 7) is 6.66. The normalized spacial score (nSPS) is 16.5. The van der Waals surface area contributed by atoms with Crippen LogP contribution in [0.5, 0.6) is 0 Å². The first-order valence-corrected chi connectivity index (χ1v) is 9.71. The Morgan fingerprint density at radius 3 is 3.14 bits per heavy atom. The van der Waals surface area contributed by atoms with E-state index in [0.29, 0.717) is 6.04 Å². The van der Waals surface area contributed by atoms with Gasteiger partial charge in [0.15, 0.2) is 5.96 Å². The number of guanidine groups is 1. The lowest BCUT2D eigenvalue weighted by atomic mass is 10.1. The molecule has 8 heteroatoms. The van der Waals surface area contributed by atoms with Gasteiger partial charge in [-0.25, -0.2) is 9.67 Å². The minimum Gasteiger partial charge on any atom is -0.361 e. The van der Waals surface area contributed by atoms with Crippen LogP contribution in [0.3, 0.4) is 0 Å². The standard InChI is InChI=1S/C20H27N7.HI/c1-3-21-20(26-16-7-8-18-24-13-25-27(18)12-16)22-10-9-15-11-23-19-14(2)5-4-6-17(15)19;/h4-6,11,13,16,23H,3,7-10,12H2,1-2H3,(H2,21,22,26);1H. The van der Waals surface area contributed by atoms with Gasteiger partial charge in [-0.2, -0.15) is 5.10 Å². The van der Waals surface area contributed by atoms with Crippen molar-refractivity contribution in [2.75, 3.05) is 13.1 Å². The molecule has 2 aromatic heterocycles. The molecule has 1 aliphatic rings. The number of aliphatic imine (C=N–C) groups is 1. The fourth-order valence-corrected chi connectivity index (χ4v) is 3.73. The van der Waals surface area contributed by atoms with Crippen molar-refractivity contribution in [2.45, 2.75) is 45.7 Å². The molecule has 0 radical (unpaired) electrons. The Labute approximate surface area is 182 Å². The van der Waals surface area contributed by atoms with Crippen molar-refractivity contribution in [3.05, 3.63) is 47.7 Å². The van der Waals surface area contributed by atoms with Gasteiger partial charge in [0.1, 0.15) is 12.2 Å². The van der Waals surface area contributed by atoms with E-state index in [0.717, 1.165) is 50.7 Å². The molecular formula is C20H28IN7. The van der Waals surface area contributed by atoms with Crippen LogP contribution in [0.2, 0.25) is 0 Å². The van der Waals surface area contributed by atoms with Crippen LogP contribution in [-0.4, -0.2) is 44.8 Å². The van der Waals surface area contributed by atoms with Crippen molar-refractivity contribution in [1.82, 2.24) is 30.4 Å². The van der Waals surface area contributed by atoms with Gasteiger partial charge in [0, 0.05) is 42.7 Å². The molecule has 0 amide bonds. The minimum absolute atomic E-state index is 0. The predicted molar refractivity (Wildman–Crippen MR) is 123 cm³/mol. The summed E-state index contributed by atoms with van der Waals surface area (Å²) >= 11 is 0. The molecule has 4 rings (SSSR count). The summed E-state index contributed by atoms with van der Waals surface area (Å²) in [5.74, 6) is 1.95. The second-order valence-electron chi connectivity index (χ2n) is 7.06. The lowest BCUT2D eigenvalue weighted by Gasteiger charge is -2.25. The smallest absolute Gasteiger partial charge is 0.191 e. The molecule has 1 aliphatic heterocycles. The SMILES string of the molecule is CCNC(=NCCc1c[nH]c2c(C)cccc12)NC1CCc2ncnn2C1.I. The number of fused-ring (bicyclic) bond motifs is 2. The highest BCUT2D eigenvalue weighted by Crippen LogP contribution is 2.21. The number of benzene rings is 1. The van der Waals surface area contributed by atoms with Crippen LogP contribution in [0.25, 0.3) is 10.9 Å². The van der Waals surface area contributed by atoms with Crippen LogP contribution in [0, 0.1) is 6.92 Å². The fourth-order valence-electron chi connectivity index (χ4n) is 3.73. The van der Waals surface area contributed by atoms with Crippen LogP contribution in [0.15, 0.2) is 35.7 Å². The van der Waals surface area contributed by atoms with Crippen molar-refractivity contribution in [3.63, 3.8) is 0 Å². The highest BCUT2D eigenvalue weighted by Gasteiger charge is 2.20. The number of aromatic nitrogens is 4. The summed E-state index contributed by atoms with van der Waals surface area (Å²) in [6, 6.07) is 6.76. The van der Waals surface area contributed by atoms with Gasteiger partial charge in [0.2, 0.25) is 0 Å². The van der Waals surface area contributed by atoms with Crippen molar-refractivity contribution < 1.29 is 0 Å². The lowest BCUT2D eigenvalue weighted by Crippen LogP contribution is -2.47. The Hall–Kier alpha value is -2.10. The van der Waals surface area contributed by atoms with E-state index in [1.807, 2.05) is 4.68 Å². The van der Waals surface area contributed by atoms with E-state index in [2.05, 4.69) is 63.9 Å².